The minimum Gasteiger partial charge on any atom is -0.440 e. The molecule has 2 aromatic rings. The topological polar surface area (TPSA) is 81.5 Å². The lowest BCUT2D eigenvalue weighted by Crippen LogP contribution is -2.37. The van der Waals surface area contributed by atoms with Gasteiger partial charge in [0.15, 0.2) is 11.8 Å². The zero-order valence-corrected chi connectivity index (χ0v) is 16.2. The highest BCUT2D eigenvalue weighted by molar-refractivity contribution is 7.99. The lowest BCUT2D eigenvalue weighted by Gasteiger charge is -2.27. The van der Waals surface area contributed by atoms with E-state index in [2.05, 4.69) is 25.2 Å². The molecule has 1 saturated heterocycles. The average Bonchev–Trinajstić information content (AvgIpc) is 3.14. The van der Waals surface area contributed by atoms with Crippen LogP contribution in [0, 0.1) is 0 Å². The van der Waals surface area contributed by atoms with Crippen molar-refractivity contribution in [2.75, 3.05) is 50.1 Å². The number of alkyl halides is 3. The van der Waals surface area contributed by atoms with Gasteiger partial charge in [-0.15, -0.1) is 10.2 Å². The van der Waals surface area contributed by atoms with Gasteiger partial charge in [0.25, 0.3) is 0 Å². The van der Waals surface area contributed by atoms with Gasteiger partial charge in [0.05, 0.1) is 18.9 Å². The molecule has 1 aromatic carbocycles. The van der Waals surface area contributed by atoms with Gasteiger partial charge in [-0.25, -0.2) is 4.79 Å². The lowest BCUT2D eigenvalue weighted by molar-refractivity contribution is -0.160. The Kier molecular flexibility index (Phi) is 7.20. The molecule has 0 saturated carbocycles. The minimum atomic E-state index is -4.55. The minimum absolute atomic E-state index is 0.121. The number of nitrogens with one attached hydrogen (secondary N) is 1. The molecular weight excluding hydrogens is 411 g/mol. The molecule has 1 aromatic heterocycles. The molecule has 1 N–H and O–H groups in total. The maximum Gasteiger partial charge on any atom is 0.422 e. The van der Waals surface area contributed by atoms with Crippen LogP contribution in [-0.4, -0.2) is 72.2 Å². The molecule has 8 nitrogen and oxygen atoms in total. The molecule has 1 aliphatic heterocycles. The Labute approximate surface area is 169 Å². The number of rotatable bonds is 7. The van der Waals surface area contributed by atoms with E-state index in [0.29, 0.717) is 43.2 Å². The molecule has 1 fully saturated rings. The number of ether oxygens (including phenoxy) is 2. The summed E-state index contributed by atoms with van der Waals surface area (Å²) in [7, 11) is 0. The number of amides is 1. The van der Waals surface area contributed by atoms with Crippen LogP contribution >= 0.6 is 11.8 Å². The van der Waals surface area contributed by atoms with E-state index in [4.69, 9.17) is 4.74 Å². The van der Waals surface area contributed by atoms with Crippen molar-refractivity contribution in [3.8, 4) is 5.69 Å². The molecule has 0 bridgehead atoms. The summed E-state index contributed by atoms with van der Waals surface area (Å²) in [5, 5.41) is 11.5. The number of nitrogens with zero attached hydrogens (tertiary/aromatic N) is 4. The second-order valence-corrected chi connectivity index (χ2v) is 7.08. The summed E-state index contributed by atoms with van der Waals surface area (Å²) in [5.74, 6) is 1.08. The number of para-hydroxylation sites is 1. The van der Waals surface area contributed by atoms with Gasteiger partial charge in [-0.05, 0) is 12.1 Å². The normalized spacial score (nSPS) is 14.7. The number of benzene rings is 1. The number of alkyl carbamates (subject to hydrolysis) is 1. The number of aromatic nitrogens is 3. The first kappa shape index (κ1) is 21.2. The van der Waals surface area contributed by atoms with Crippen LogP contribution in [0.3, 0.4) is 0 Å². The van der Waals surface area contributed by atoms with E-state index in [0.717, 1.165) is 5.69 Å². The number of halogens is 3. The van der Waals surface area contributed by atoms with Gasteiger partial charge in [0.2, 0.25) is 5.95 Å². The summed E-state index contributed by atoms with van der Waals surface area (Å²) in [6.07, 6.45) is -5.66. The number of carbonyl (C=O) groups is 1. The number of hydrogen-bond acceptors (Lipinski definition) is 7. The van der Waals surface area contributed by atoms with E-state index in [1.807, 2.05) is 34.9 Å². The summed E-state index contributed by atoms with van der Waals surface area (Å²) in [6.45, 7) is 1.11. The molecule has 1 aliphatic rings. The third-order valence-corrected chi connectivity index (χ3v) is 4.82. The van der Waals surface area contributed by atoms with E-state index in [-0.39, 0.29) is 6.54 Å². The zero-order valence-electron chi connectivity index (χ0n) is 15.4. The molecular formula is C17H20F3N5O3S. The van der Waals surface area contributed by atoms with Gasteiger partial charge in [0, 0.05) is 25.4 Å². The van der Waals surface area contributed by atoms with E-state index < -0.39 is 18.9 Å². The molecule has 0 aliphatic carbocycles. The fraction of sp³-hybridized carbons (Fsp3) is 0.471. The number of carbonyl (C=O) groups excluding carboxylic acids is 1. The molecule has 0 radical (unpaired) electrons. The molecule has 0 spiro atoms. The molecule has 29 heavy (non-hydrogen) atoms. The van der Waals surface area contributed by atoms with Gasteiger partial charge >= 0.3 is 12.3 Å². The average molecular weight is 431 g/mol. The second-order valence-electron chi connectivity index (χ2n) is 6.02. The summed E-state index contributed by atoms with van der Waals surface area (Å²) in [6, 6.07) is 9.59. The third kappa shape index (κ3) is 6.26. The van der Waals surface area contributed by atoms with Crippen LogP contribution in [-0.2, 0) is 9.47 Å². The predicted molar refractivity (Wildman–Crippen MR) is 101 cm³/mol. The Morgan fingerprint density at radius 2 is 1.93 bits per heavy atom. The van der Waals surface area contributed by atoms with Gasteiger partial charge < -0.3 is 19.7 Å². The Balaban J connectivity index is 1.62. The Hall–Kier alpha value is -2.47. The quantitative estimate of drug-likeness (QED) is 0.533. The third-order valence-electron chi connectivity index (χ3n) is 3.89. The summed E-state index contributed by atoms with van der Waals surface area (Å²) in [5.41, 5.74) is 0.888. The number of thioether (sulfide) groups is 1. The van der Waals surface area contributed by atoms with Crippen molar-refractivity contribution in [2.45, 2.75) is 11.3 Å². The van der Waals surface area contributed by atoms with E-state index in [1.165, 1.54) is 11.8 Å². The standard InChI is InChI=1S/C17H20F3N5O3S/c18-17(19,20)12-28-16(26)21-6-11-29-15-23-22-14(24-7-9-27-10-8-24)25(15)13-4-2-1-3-5-13/h1-5H,6-12H2,(H,21,26). The van der Waals surface area contributed by atoms with Gasteiger partial charge in [-0.1, -0.05) is 30.0 Å². The summed E-state index contributed by atoms with van der Waals surface area (Å²) in [4.78, 5) is 13.4. The Morgan fingerprint density at radius 3 is 2.62 bits per heavy atom. The van der Waals surface area contributed by atoms with Crippen LogP contribution in [0.1, 0.15) is 0 Å². The highest BCUT2D eigenvalue weighted by atomic mass is 32.2. The predicted octanol–water partition coefficient (Wildman–Crippen LogP) is 2.48. The SMILES string of the molecule is O=C(NCCSc1nnc(N2CCOCC2)n1-c1ccccc1)OCC(F)(F)F. The first-order valence-electron chi connectivity index (χ1n) is 8.88. The van der Waals surface area contributed by atoms with Crippen molar-refractivity contribution in [1.29, 1.82) is 0 Å². The highest BCUT2D eigenvalue weighted by Crippen LogP contribution is 2.26. The number of anilines is 1. The first-order chi connectivity index (χ1) is 13.9. The van der Waals surface area contributed by atoms with Crippen LogP contribution in [0.5, 0.6) is 0 Å². The fourth-order valence-corrected chi connectivity index (χ4v) is 3.42. The maximum absolute atomic E-state index is 12.0. The number of hydrogen-bond donors (Lipinski definition) is 1. The largest absolute Gasteiger partial charge is 0.440 e. The molecule has 12 heteroatoms. The van der Waals surface area contributed by atoms with Crippen LogP contribution < -0.4 is 10.2 Å². The van der Waals surface area contributed by atoms with Crippen molar-refractivity contribution < 1.29 is 27.4 Å². The van der Waals surface area contributed by atoms with Crippen molar-refractivity contribution in [3.05, 3.63) is 30.3 Å². The zero-order chi connectivity index (χ0) is 20.7. The molecule has 158 valence electrons. The van der Waals surface area contributed by atoms with Crippen LogP contribution in [0.15, 0.2) is 35.5 Å². The van der Waals surface area contributed by atoms with Crippen LogP contribution in [0.4, 0.5) is 23.9 Å². The van der Waals surface area contributed by atoms with Crippen molar-refractivity contribution in [2.24, 2.45) is 0 Å². The molecule has 2 heterocycles. The Bertz CT molecular complexity index is 797. The molecule has 1 amide bonds. The molecule has 3 rings (SSSR count). The Morgan fingerprint density at radius 1 is 1.21 bits per heavy atom. The summed E-state index contributed by atoms with van der Waals surface area (Å²) < 4.78 is 47.5. The maximum atomic E-state index is 12.0. The van der Waals surface area contributed by atoms with Gasteiger partial charge in [-0.3, -0.25) is 4.57 Å². The van der Waals surface area contributed by atoms with Crippen molar-refractivity contribution in [3.63, 3.8) is 0 Å². The van der Waals surface area contributed by atoms with Crippen molar-refractivity contribution in [1.82, 2.24) is 20.1 Å². The monoisotopic (exact) mass is 431 g/mol. The van der Waals surface area contributed by atoms with Crippen LogP contribution in [0.25, 0.3) is 5.69 Å². The number of morpholine rings is 1. The van der Waals surface area contributed by atoms with Crippen LogP contribution in [0.2, 0.25) is 0 Å². The smallest absolute Gasteiger partial charge is 0.422 e. The second kappa shape index (κ2) is 9.83. The van der Waals surface area contributed by atoms with E-state index >= 15 is 0 Å². The fourth-order valence-electron chi connectivity index (χ4n) is 2.62. The molecule has 0 unspecified atom stereocenters. The lowest BCUT2D eigenvalue weighted by atomic mass is 10.3. The van der Waals surface area contributed by atoms with Gasteiger partial charge in [-0.2, -0.15) is 13.2 Å². The van der Waals surface area contributed by atoms with E-state index in [9.17, 15) is 18.0 Å². The van der Waals surface area contributed by atoms with Crippen molar-refractivity contribution >= 4 is 23.8 Å². The van der Waals surface area contributed by atoms with E-state index in [1.54, 1.807) is 0 Å². The van der Waals surface area contributed by atoms with Gasteiger partial charge in [0.1, 0.15) is 0 Å². The first-order valence-corrected chi connectivity index (χ1v) is 9.86. The highest BCUT2D eigenvalue weighted by Gasteiger charge is 2.29. The molecule has 0 atom stereocenters. The summed E-state index contributed by atoms with van der Waals surface area (Å²) >= 11 is 1.33.